The Kier molecular flexibility index (Phi) is 4.27. The van der Waals surface area contributed by atoms with Gasteiger partial charge in [0.1, 0.15) is 0 Å². The topological polar surface area (TPSA) is 125 Å². The Morgan fingerprint density at radius 3 is 2.54 bits per heavy atom. The molecule has 1 aliphatic rings. The third kappa shape index (κ3) is 3.31. The van der Waals surface area contributed by atoms with E-state index < -0.39 is 15.8 Å². The molecule has 2 aromatic carbocycles. The molecule has 0 aliphatic carbocycles. The average molecular weight is 353 g/mol. The zero-order chi connectivity index (χ0) is 18.8. The lowest BCUT2D eigenvalue weighted by Gasteiger charge is -2.01. The number of hydrogen-bond donors (Lipinski definition) is 0. The minimum atomic E-state index is -0.741. The van der Waals surface area contributed by atoms with Gasteiger partial charge in [0.25, 0.3) is 11.4 Å². The molecule has 9 nitrogen and oxygen atoms in total. The van der Waals surface area contributed by atoms with Gasteiger partial charge in [-0.05, 0) is 24.6 Å². The van der Waals surface area contributed by atoms with Crippen LogP contribution in [0.5, 0.6) is 0 Å². The molecule has 0 saturated heterocycles. The summed E-state index contributed by atoms with van der Waals surface area (Å²) in [6.45, 7) is 1.60. The first kappa shape index (κ1) is 17.0. The summed E-state index contributed by atoms with van der Waals surface area (Å²) in [4.78, 5) is 36.8. The molecule has 0 atom stereocenters. The van der Waals surface area contributed by atoms with Gasteiger partial charge in [0, 0.05) is 29.3 Å². The first-order chi connectivity index (χ1) is 12.3. The first-order valence-corrected chi connectivity index (χ1v) is 7.37. The second kappa shape index (κ2) is 6.55. The van der Waals surface area contributed by atoms with Crippen LogP contribution in [0.2, 0.25) is 0 Å². The molecule has 2 aromatic rings. The molecular weight excluding hydrogens is 342 g/mol. The van der Waals surface area contributed by atoms with Gasteiger partial charge in [0.05, 0.1) is 9.85 Å². The highest BCUT2D eigenvalue weighted by atomic mass is 16.6. The van der Waals surface area contributed by atoms with Crippen molar-refractivity contribution in [3.05, 3.63) is 85.1 Å². The Labute approximate surface area is 146 Å². The van der Waals surface area contributed by atoms with Crippen LogP contribution >= 0.6 is 0 Å². The summed E-state index contributed by atoms with van der Waals surface area (Å²) in [6, 6.07) is 10.1. The van der Waals surface area contributed by atoms with E-state index in [1.807, 2.05) is 0 Å². The van der Waals surface area contributed by atoms with E-state index in [0.717, 1.165) is 0 Å². The average Bonchev–Trinajstić information content (AvgIpc) is 2.96. The number of nitro groups is 2. The number of ether oxygens (including phenoxy) is 1. The molecule has 130 valence electrons. The van der Waals surface area contributed by atoms with Crippen molar-refractivity contribution in [3.63, 3.8) is 0 Å². The molecule has 0 unspecified atom stereocenters. The van der Waals surface area contributed by atoms with Gasteiger partial charge in [-0.25, -0.2) is 9.79 Å². The van der Waals surface area contributed by atoms with Gasteiger partial charge in [-0.3, -0.25) is 20.2 Å². The fourth-order valence-electron chi connectivity index (χ4n) is 2.36. The molecule has 0 N–H and O–H groups in total. The second-order valence-electron chi connectivity index (χ2n) is 5.45. The van der Waals surface area contributed by atoms with Crippen molar-refractivity contribution >= 4 is 29.3 Å². The van der Waals surface area contributed by atoms with Crippen molar-refractivity contribution in [1.29, 1.82) is 0 Å². The van der Waals surface area contributed by atoms with Crippen molar-refractivity contribution in [2.24, 2.45) is 4.99 Å². The quantitative estimate of drug-likeness (QED) is 0.360. The van der Waals surface area contributed by atoms with Gasteiger partial charge in [-0.1, -0.05) is 18.2 Å². The zero-order valence-electron chi connectivity index (χ0n) is 13.4. The number of nitro benzene ring substituents is 2. The van der Waals surface area contributed by atoms with Crippen LogP contribution in [0.1, 0.15) is 16.7 Å². The molecule has 0 fully saturated rings. The van der Waals surface area contributed by atoms with Crippen molar-refractivity contribution in [2.45, 2.75) is 6.92 Å². The Hall–Kier alpha value is -3.88. The number of carbonyl (C=O) groups is 1. The lowest BCUT2D eigenvalue weighted by molar-refractivity contribution is -0.385. The van der Waals surface area contributed by atoms with Crippen LogP contribution in [0, 0.1) is 27.2 Å². The molecule has 0 saturated carbocycles. The second-order valence-corrected chi connectivity index (χ2v) is 5.45. The smallest absolute Gasteiger partial charge is 0.363 e. The third-order valence-corrected chi connectivity index (χ3v) is 3.66. The predicted octanol–water partition coefficient (Wildman–Crippen LogP) is 3.16. The maximum absolute atomic E-state index is 12.0. The molecule has 0 bridgehead atoms. The number of non-ortho nitro benzene ring substituents is 1. The fraction of sp³-hybridized carbons (Fsp3) is 0.0588. The number of aliphatic imine (C=N–C) groups is 1. The molecule has 0 radical (unpaired) electrons. The standard InChI is InChI=1S/C17H11N3O6/c1-10-5-6-12(9-15(10)20(24)25)16-18-14(17(21)26-16)8-11-3-2-4-13(7-11)19(22)23/h2-9H,1H3/b14-8-. The van der Waals surface area contributed by atoms with E-state index in [-0.39, 0.29) is 28.5 Å². The van der Waals surface area contributed by atoms with Gasteiger partial charge in [0.15, 0.2) is 5.70 Å². The number of hydrogen-bond acceptors (Lipinski definition) is 7. The van der Waals surface area contributed by atoms with Crippen LogP contribution in [0.15, 0.2) is 53.2 Å². The van der Waals surface area contributed by atoms with Crippen molar-refractivity contribution in [3.8, 4) is 0 Å². The molecule has 0 aromatic heterocycles. The van der Waals surface area contributed by atoms with Crippen LogP contribution < -0.4 is 0 Å². The lowest BCUT2D eigenvalue weighted by Crippen LogP contribution is -2.06. The van der Waals surface area contributed by atoms with Crippen LogP contribution in [0.4, 0.5) is 11.4 Å². The highest BCUT2D eigenvalue weighted by molar-refractivity contribution is 6.13. The maximum Gasteiger partial charge on any atom is 0.363 e. The highest BCUT2D eigenvalue weighted by Gasteiger charge is 2.26. The zero-order valence-corrected chi connectivity index (χ0v) is 13.4. The van der Waals surface area contributed by atoms with Crippen LogP contribution in [-0.4, -0.2) is 21.7 Å². The first-order valence-electron chi connectivity index (χ1n) is 7.37. The molecule has 0 spiro atoms. The van der Waals surface area contributed by atoms with E-state index >= 15 is 0 Å². The van der Waals surface area contributed by atoms with Gasteiger partial charge in [-0.15, -0.1) is 0 Å². The summed E-state index contributed by atoms with van der Waals surface area (Å²) in [5, 5.41) is 21.9. The Balaban J connectivity index is 1.97. The van der Waals surface area contributed by atoms with Gasteiger partial charge in [-0.2, -0.15) is 0 Å². The van der Waals surface area contributed by atoms with E-state index in [1.165, 1.54) is 36.4 Å². The van der Waals surface area contributed by atoms with Crippen LogP contribution in [0.25, 0.3) is 6.08 Å². The summed E-state index contributed by atoms with van der Waals surface area (Å²) in [7, 11) is 0. The molecule has 1 heterocycles. The van der Waals surface area contributed by atoms with E-state index in [1.54, 1.807) is 19.1 Å². The summed E-state index contributed by atoms with van der Waals surface area (Å²) >= 11 is 0. The Morgan fingerprint density at radius 2 is 1.85 bits per heavy atom. The largest absolute Gasteiger partial charge is 0.402 e. The normalized spacial score (nSPS) is 14.9. The summed E-state index contributed by atoms with van der Waals surface area (Å²) in [5.74, 6) is -0.801. The third-order valence-electron chi connectivity index (χ3n) is 3.66. The highest BCUT2D eigenvalue weighted by Crippen LogP contribution is 2.24. The number of esters is 1. The van der Waals surface area contributed by atoms with E-state index in [4.69, 9.17) is 4.74 Å². The summed E-state index contributed by atoms with van der Waals surface area (Å²) < 4.78 is 5.07. The number of benzene rings is 2. The van der Waals surface area contributed by atoms with E-state index in [9.17, 15) is 25.0 Å². The fourth-order valence-corrected chi connectivity index (χ4v) is 2.36. The minimum Gasteiger partial charge on any atom is -0.402 e. The summed E-state index contributed by atoms with van der Waals surface area (Å²) in [5.41, 5.74) is 0.880. The molecule has 0 amide bonds. The molecule has 9 heteroatoms. The van der Waals surface area contributed by atoms with E-state index in [2.05, 4.69) is 4.99 Å². The molecule has 3 rings (SSSR count). The summed E-state index contributed by atoms with van der Waals surface area (Å²) in [6.07, 6.45) is 1.35. The number of aryl methyl sites for hydroxylation is 1. The minimum absolute atomic E-state index is 0.0521. The van der Waals surface area contributed by atoms with Crippen LogP contribution in [-0.2, 0) is 9.53 Å². The van der Waals surface area contributed by atoms with Gasteiger partial charge < -0.3 is 4.74 Å². The molecular formula is C17H11N3O6. The molecule has 26 heavy (non-hydrogen) atoms. The number of rotatable bonds is 4. The Morgan fingerprint density at radius 1 is 1.08 bits per heavy atom. The van der Waals surface area contributed by atoms with Crippen molar-refractivity contribution in [2.75, 3.05) is 0 Å². The monoisotopic (exact) mass is 353 g/mol. The van der Waals surface area contributed by atoms with Gasteiger partial charge >= 0.3 is 5.97 Å². The van der Waals surface area contributed by atoms with Crippen molar-refractivity contribution < 1.29 is 19.4 Å². The predicted molar refractivity (Wildman–Crippen MR) is 91.5 cm³/mol. The number of nitrogens with zero attached hydrogens (tertiary/aromatic N) is 3. The van der Waals surface area contributed by atoms with Crippen LogP contribution in [0.3, 0.4) is 0 Å². The number of carbonyl (C=O) groups excluding carboxylic acids is 1. The Bertz CT molecular complexity index is 1010. The SMILES string of the molecule is Cc1ccc(C2=N/C(=C\c3cccc([N+](=O)[O-])c3)C(=O)O2)cc1[N+](=O)[O-]. The van der Waals surface area contributed by atoms with Crippen molar-refractivity contribution in [1.82, 2.24) is 0 Å². The number of cyclic esters (lactones) is 1. The lowest BCUT2D eigenvalue weighted by atomic mass is 10.1. The van der Waals surface area contributed by atoms with Gasteiger partial charge in [0.2, 0.25) is 5.90 Å². The van der Waals surface area contributed by atoms with E-state index in [0.29, 0.717) is 11.1 Å². The maximum atomic E-state index is 12.0. The molecule has 1 aliphatic heterocycles.